The molecule has 3 rings (SSSR count). The quantitative estimate of drug-likeness (QED) is 0.596. The Morgan fingerprint density at radius 2 is 1.78 bits per heavy atom. The molecule has 0 saturated carbocycles. The van der Waals surface area contributed by atoms with Crippen LogP contribution in [0.3, 0.4) is 0 Å². The third-order valence-electron chi connectivity index (χ3n) is 2.75. The molecule has 1 heterocycles. The van der Waals surface area contributed by atoms with Gasteiger partial charge in [-0.3, -0.25) is 0 Å². The van der Waals surface area contributed by atoms with Gasteiger partial charge in [-0.2, -0.15) is 0 Å². The van der Waals surface area contributed by atoms with Crippen LogP contribution in [0.1, 0.15) is 0 Å². The number of halogens is 2. The van der Waals surface area contributed by atoms with Crippen LogP contribution in [0.5, 0.6) is 0 Å². The molecule has 0 unspecified atom stereocenters. The first-order chi connectivity index (χ1) is 8.61. The summed E-state index contributed by atoms with van der Waals surface area (Å²) >= 11 is -0.357. The summed E-state index contributed by atoms with van der Waals surface area (Å²) in [4.78, 5) is 1.02. The van der Waals surface area contributed by atoms with E-state index in [-0.39, 0.29) is 26.8 Å². The molecule has 0 aromatic heterocycles. The van der Waals surface area contributed by atoms with E-state index in [9.17, 15) is 13.0 Å². The van der Waals surface area contributed by atoms with Gasteiger partial charge in [-0.15, -0.1) is 0 Å². The monoisotopic (exact) mass is 333 g/mol. The van der Waals surface area contributed by atoms with Gasteiger partial charge >= 0.3 is 110 Å². The average molecular weight is 332 g/mol. The first-order valence-electron chi connectivity index (χ1n) is 5.20. The van der Waals surface area contributed by atoms with Gasteiger partial charge in [-0.1, -0.05) is 0 Å². The second-order valence-electron chi connectivity index (χ2n) is 3.87. The van der Waals surface area contributed by atoms with Crippen molar-refractivity contribution in [1.82, 2.24) is 3.74 Å². The first kappa shape index (κ1) is 12.0. The number of thiol groups is 1. The van der Waals surface area contributed by atoms with Crippen molar-refractivity contribution in [2.75, 3.05) is 0 Å². The van der Waals surface area contributed by atoms with Crippen LogP contribution >= 0.6 is 0 Å². The molecule has 2 aromatic rings. The molecule has 0 saturated heterocycles. The van der Waals surface area contributed by atoms with Gasteiger partial charge in [0.25, 0.3) is 0 Å². The summed E-state index contributed by atoms with van der Waals surface area (Å²) in [5.74, 6) is -0.714. The Labute approximate surface area is 110 Å². The number of rotatable bonds is 1. The predicted molar refractivity (Wildman–Crippen MR) is 67.4 cm³/mol. The van der Waals surface area contributed by atoms with Gasteiger partial charge in [0.15, 0.2) is 0 Å². The van der Waals surface area contributed by atoms with Crippen LogP contribution in [-0.4, -0.2) is 19.4 Å². The van der Waals surface area contributed by atoms with Crippen molar-refractivity contribution in [3.8, 4) is 0 Å². The van der Waals surface area contributed by atoms with Crippen molar-refractivity contribution >= 4 is 29.8 Å². The zero-order chi connectivity index (χ0) is 12.8. The van der Waals surface area contributed by atoms with E-state index < -0.39 is 10.1 Å². The topological polar surface area (TPSA) is 29.1 Å². The molecule has 0 radical (unpaired) electrons. The zero-order valence-corrected chi connectivity index (χ0v) is 11.7. The van der Waals surface area contributed by atoms with E-state index >= 15 is 0 Å². The fourth-order valence-electron chi connectivity index (χ4n) is 1.85. The van der Waals surface area contributed by atoms with Gasteiger partial charge in [-0.25, -0.2) is 0 Å². The Morgan fingerprint density at radius 1 is 1.06 bits per heavy atom. The third kappa shape index (κ3) is 1.73. The van der Waals surface area contributed by atoms with Gasteiger partial charge in [0.2, 0.25) is 0 Å². The fraction of sp³-hybridized carbons (Fsp3) is 0. The molecule has 2 aromatic carbocycles. The maximum absolute atomic E-state index is 13.6. The van der Waals surface area contributed by atoms with Gasteiger partial charge in [-0.05, 0) is 0 Å². The number of nitrogens with one attached hydrogen (secondary N) is 1. The van der Waals surface area contributed by atoms with Crippen LogP contribution in [0.15, 0.2) is 52.3 Å². The van der Waals surface area contributed by atoms with E-state index in [2.05, 4.69) is 3.74 Å². The molecular weight excluding hydrogens is 323 g/mol. The maximum atomic E-state index is 13.6. The van der Waals surface area contributed by atoms with Gasteiger partial charge in [0.1, 0.15) is 0 Å². The molecule has 0 fully saturated rings. The van der Waals surface area contributed by atoms with E-state index in [0.29, 0.717) is 14.3 Å². The number of hydrogen-bond donors (Lipinski definition) is 2. The molecule has 0 spiro atoms. The van der Waals surface area contributed by atoms with E-state index in [1.54, 1.807) is 12.1 Å². The Bertz CT molecular complexity index is 660. The standard InChI is InChI=1S/C12H9F2NOSSe/c13-8-4-6-9(7-5-8)17(16)11-3-1-2-10(14)12(11)18-15-17/h1-7,17H,(H,15,16). The summed E-state index contributed by atoms with van der Waals surface area (Å²) in [5.41, 5.74) is 0. The number of benzene rings is 2. The van der Waals surface area contributed by atoms with Crippen molar-refractivity contribution in [1.29, 1.82) is 0 Å². The van der Waals surface area contributed by atoms with Gasteiger partial charge < -0.3 is 0 Å². The normalized spacial score (nSPS) is 18.3. The van der Waals surface area contributed by atoms with Crippen LogP contribution in [-0.2, 0) is 10.1 Å². The first-order valence-corrected chi connectivity index (χ1v) is 8.62. The van der Waals surface area contributed by atoms with Gasteiger partial charge in [0, 0.05) is 0 Å². The van der Waals surface area contributed by atoms with Crippen molar-refractivity contribution in [2.45, 2.75) is 9.79 Å². The second-order valence-corrected chi connectivity index (χ2v) is 8.70. The van der Waals surface area contributed by atoms with Crippen molar-refractivity contribution in [3.05, 3.63) is 54.1 Å². The number of fused-ring (bicyclic) bond motifs is 1. The van der Waals surface area contributed by atoms with Crippen molar-refractivity contribution in [2.24, 2.45) is 0 Å². The summed E-state index contributed by atoms with van der Waals surface area (Å²) in [6, 6.07) is 10.1. The molecule has 0 amide bonds. The summed E-state index contributed by atoms with van der Waals surface area (Å²) in [7, 11) is -2.99. The molecule has 0 atom stereocenters. The molecule has 18 heavy (non-hydrogen) atoms. The Morgan fingerprint density at radius 3 is 2.50 bits per heavy atom. The second kappa shape index (κ2) is 4.24. The fourth-order valence-corrected chi connectivity index (χ4v) is 8.23. The Balaban J connectivity index is 2.18. The molecular formula is C12H9F2NOSSe. The molecule has 6 heteroatoms. The van der Waals surface area contributed by atoms with Crippen LogP contribution in [0.4, 0.5) is 8.78 Å². The minimum atomic E-state index is -2.99. The molecule has 1 aliphatic heterocycles. The predicted octanol–water partition coefficient (Wildman–Crippen LogP) is 1.16. The minimum absolute atomic E-state index is 0.333. The summed E-state index contributed by atoms with van der Waals surface area (Å²) in [6.45, 7) is 0. The van der Waals surface area contributed by atoms with Crippen LogP contribution in [0, 0.1) is 11.6 Å². The Kier molecular flexibility index (Phi) is 2.83. The number of hydrogen-bond acceptors (Lipinski definition) is 1. The van der Waals surface area contributed by atoms with E-state index in [0.717, 1.165) is 0 Å². The van der Waals surface area contributed by atoms with Crippen LogP contribution < -0.4 is 8.20 Å². The molecule has 1 aliphatic rings. The van der Waals surface area contributed by atoms with E-state index in [1.807, 2.05) is 0 Å². The Hall–Kier alpha value is -1.07. The molecule has 2 nitrogen and oxygen atoms in total. The summed E-state index contributed by atoms with van der Waals surface area (Å²) < 4.78 is 42.8. The van der Waals surface area contributed by atoms with Crippen LogP contribution in [0.25, 0.3) is 0 Å². The SMILES string of the molecule is O=[SH]1(c2ccc(F)cc2)N[Se]c2c(F)cccc21. The molecule has 94 valence electrons. The van der Waals surface area contributed by atoms with E-state index in [1.165, 1.54) is 30.3 Å². The summed E-state index contributed by atoms with van der Waals surface area (Å²) in [6.07, 6.45) is 0. The molecule has 0 aliphatic carbocycles. The third-order valence-corrected chi connectivity index (χ3v) is 9.01. The zero-order valence-electron chi connectivity index (χ0n) is 9.06. The van der Waals surface area contributed by atoms with Crippen LogP contribution in [0.2, 0.25) is 0 Å². The van der Waals surface area contributed by atoms with Crippen molar-refractivity contribution < 1.29 is 13.0 Å². The van der Waals surface area contributed by atoms with Gasteiger partial charge in [0.05, 0.1) is 0 Å². The average Bonchev–Trinajstić information content (AvgIpc) is 2.71. The summed E-state index contributed by atoms with van der Waals surface area (Å²) in [5, 5.41) is 0. The molecule has 0 bridgehead atoms. The van der Waals surface area contributed by atoms with E-state index in [4.69, 9.17) is 0 Å². The molecule has 1 N–H and O–H groups in total. The van der Waals surface area contributed by atoms with Crippen molar-refractivity contribution in [3.63, 3.8) is 0 Å².